The van der Waals surface area contributed by atoms with Crippen LogP contribution >= 0.6 is 0 Å². The molecule has 3 heterocycles. The summed E-state index contributed by atoms with van der Waals surface area (Å²) in [4.78, 5) is 0. The molecule has 0 amide bonds. The van der Waals surface area contributed by atoms with Gasteiger partial charge in [0.15, 0.2) is 0 Å². The van der Waals surface area contributed by atoms with E-state index in [1.54, 1.807) is 0 Å². The van der Waals surface area contributed by atoms with Crippen molar-refractivity contribution in [1.82, 2.24) is 0 Å². The third kappa shape index (κ3) is 0.884. The van der Waals surface area contributed by atoms with E-state index >= 15 is 0 Å². The maximum Gasteiger partial charge on any atom is 0.272 e. The van der Waals surface area contributed by atoms with Crippen molar-refractivity contribution in [3.63, 3.8) is 0 Å². The molecule has 0 aromatic carbocycles. The third-order valence-electron chi connectivity index (χ3n) is 3.19. The van der Waals surface area contributed by atoms with Crippen LogP contribution in [0.1, 0.15) is 6.92 Å². The number of rotatable bonds is 0. The molecule has 4 rings (SSSR count). The van der Waals surface area contributed by atoms with E-state index in [9.17, 15) is 10.2 Å². The Bertz CT molecular complexity index is 183. The van der Waals surface area contributed by atoms with Gasteiger partial charge in [0.25, 0.3) is 6.48 Å². The van der Waals surface area contributed by atoms with Crippen molar-refractivity contribution in [3.8, 4) is 0 Å². The fraction of sp³-hybridized carbons (Fsp3) is 1.00. The van der Waals surface area contributed by atoms with E-state index in [0.717, 1.165) is 0 Å². The van der Waals surface area contributed by atoms with Crippen LogP contribution in [0.4, 0.5) is 0 Å². The molecule has 1 aliphatic carbocycles. The van der Waals surface area contributed by atoms with Crippen LogP contribution < -0.4 is 0 Å². The predicted octanol–water partition coefficient (Wildman–Crippen LogP) is -1.18. The Labute approximate surface area is 75.2 Å². The Morgan fingerprint density at radius 2 is 1.31 bits per heavy atom. The van der Waals surface area contributed by atoms with Gasteiger partial charge in [-0.2, -0.15) is 0 Å². The fourth-order valence-corrected chi connectivity index (χ4v) is 2.44. The van der Waals surface area contributed by atoms with Gasteiger partial charge in [0.05, 0.1) is 12.2 Å². The summed E-state index contributed by atoms with van der Waals surface area (Å²) in [5.74, 6) is 0.0152. The Morgan fingerprint density at radius 1 is 0.846 bits per heavy atom. The summed E-state index contributed by atoms with van der Waals surface area (Å²) >= 11 is 0. The van der Waals surface area contributed by atoms with Crippen molar-refractivity contribution in [2.24, 2.45) is 5.92 Å². The summed E-state index contributed by atoms with van der Waals surface area (Å²) in [7, 11) is 0. The average Bonchev–Trinajstić information content (AvgIpc) is 2.12. The van der Waals surface area contributed by atoms with Gasteiger partial charge in [-0.05, 0) is 0 Å². The average molecular weight is 188 g/mol. The first-order valence-corrected chi connectivity index (χ1v) is 4.51. The second kappa shape index (κ2) is 2.43. The van der Waals surface area contributed by atoms with Crippen LogP contribution in [0.2, 0.25) is 0 Å². The molecule has 0 aromatic heterocycles. The SMILES string of the molecule is CC1C2OC3OC1C(O)C(O3)C2O. The molecule has 0 aromatic rings. The molecule has 0 radical (unpaired) electrons. The van der Waals surface area contributed by atoms with Gasteiger partial charge in [-0.1, -0.05) is 6.92 Å². The second-order valence-electron chi connectivity index (χ2n) is 3.93. The number of hydrogen-bond donors (Lipinski definition) is 2. The molecule has 0 spiro atoms. The summed E-state index contributed by atoms with van der Waals surface area (Å²) < 4.78 is 15.7. The van der Waals surface area contributed by atoms with Crippen LogP contribution in [0.5, 0.6) is 0 Å². The van der Waals surface area contributed by atoms with Crippen LogP contribution in [-0.2, 0) is 14.2 Å². The van der Waals surface area contributed by atoms with E-state index in [-0.39, 0.29) is 18.1 Å². The first kappa shape index (κ1) is 8.14. The Balaban J connectivity index is 1.97. The van der Waals surface area contributed by atoms with Gasteiger partial charge >= 0.3 is 0 Å². The van der Waals surface area contributed by atoms with Gasteiger partial charge in [-0.25, -0.2) is 0 Å². The largest absolute Gasteiger partial charge is 0.388 e. The van der Waals surface area contributed by atoms with Crippen molar-refractivity contribution < 1.29 is 24.4 Å². The fourth-order valence-electron chi connectivity index (χ4n) is 2.44. The summed E-state index contributed by atoms with van der Waals surface area (Å²) in [6, 6.07) is 0. The molecule has 5 heteroatoms. The summed E-state index contributed by atoms with van der Waals surface area (Å²) in [5, 5.41) is 19.4. The summed E-state index contributed by atoms with van der Waals surface area (Å²) in [6.07, 6.45) is -2.53. The molecule has 13 heavy (non-hydrogen) atoms. The molecule has 4 fully saturated rings. The molecule has 74 valence electrons. The zero-order valence-electron chi connectivity index (χ0n) is 7.16. The first-order chi connectivity index (χ1) is 6.18. The van der Waals surface area contributed by atoms with Crippen molar-refractivity contribution in [2.45, 2.75) is 43.9 Å². The van der Waals surface area contributed by atoms with Gasteiger partial charge in [0.1, 0.15) is 18.3 Å². The highest BCUT2D eigenvalue weighted by molar-refractivity contribution is 5.03. The number of aliphatic hydroxyl groups excluding tert-OH is 2. The standard InChI is InChI=1S/C8H12O5/c1-2-5-3(9)7-4(10)6(2)12-8(11-5)13-7/h2-10H,1H3. The molecule has 1 saturated carbocycles. The molecular weight excluding hydrogens is 176 g/mol. The van der Waals surface area contributed by atoms with Crippen molar-refractivity contribution >= 4 is 0 Å². The Hall–Kier alpha value is -0.200. The molecule has 3 aliphatic heterocycles. The van der Waals surface area contributed by atoms with Gasteiger partial charge in [-0.3, -0.25) is 0 Å². The second-order valence-corrected chi connectivity index (χ2v) is 3.93. The minimum atomic E-state index is -0.735. The maximum absolute atomic E-state index is 9.70. The minimum absolute atomic E-state index is 0.0152. The van der Waals surface area contributed by atoms with E-state index in [1.165, 1.54) is 0 Å². The van der Waals surface area contributed by atoms with Crippen LogP contribution in [-0.4, -0.2) is 47.2 Å². The lowest BCUT2D eigenvalue weighted by atomic mass is 9.78. The van der Waals surface area contributed by atoms with Gasteiger partial charge in [0.2, 0.25) is 0 Å². The molecule has 5 nitrogen and oxygen atoms in total. The summed E-state index contributed by atoms with van der Waals surface area (Å²) in [6.45, 7) is 1.21. The number of aliphatic hydroxyl groups is 2. The van der Waals surface area contributed by atoms with Gasteiger partial charge in [0, 0.05) is 5.92 Å². The van der Waals surface area contributed by atoms with E-state index in [1.807, 2.05) is 6.92 Å². The van der Waals surface area contributed by atoms with Crippen molar-refractivity contribution in [2.75, 3.05) is 0 Å². The monoisotopic (exact) mass is 188 g/mol. The zero-order valence-corrected chi connectivity index (χ0v) is 7.16. The third-order valence-corrected chi connectivity index (χ3v) is 3.19. The van der Waals surface area contributed by atoms with Crippen molar-refractivity contribution in [1.29, 1.82) is 0 Å². The van der Waals surface area contributed by atoms with Gasteiger partial charge < -0.3 is 24.4 Å². The molecule has 4 unspecified atom stereocenters. The van der Waals surface area contributed by atoms with Crippen LogP contribution in [0, 0.1) is 5.92 Å². The molecule has 2 N–H and O–H groups in total. The topological polar surface area (TPSA) is 68.2 Å². The Kier molecular flexibility index (Phi) is 1.52. The lowest BCUT2D eigenvalue weighted by molar-refractivity contribution is -0.475. The number of ether oxygens (including phenoxy) is 3. The summed E-state index contributed by atoms with van der Waals surface area (Å²) in [5.41, 5.74) is 0. The normalized spacial score (nSPS) is 64.4. The predicted molar refractivity (Wildman–Crippen MR) is 39.6 cm³/mol. The minimum Gasteiger partial charge on any atom is -0.388 e. The highest BCUT2D eigenvalue weighted by atomic mass is 16.9. The van der Waals surface area contributed by atoms with E-state index in [0.29, 0.717) is 0 Å². The van der Waals surface area contributed by atoms with Gasteiger partial charge in [-0.15, -0.1) is 0 Å². The van der Waals surface area contributed by atoms with Crippen LogP contribution in [0.25, 0.3) is 0 Å². The Morgan fingerprint density at radius 3 is 1.85 bits per heavy atom. The maximum atomic E-state index is 9.70. The lowest BCUT2D eigenvalue weighted by Gasteiger charge is -2.56. The van der Waals surface area contributed by atoms with Crippen LogP contribution in [0.3, 0.4) is 0 Å². The number of hydrogen-bond acceptors (Lipinski definition) is 5. The molecule has 4 bridgehead atoms. The van der Waals surface area contributed by atoms with Crippen LogP contribution in [0.15, 0.2) is 0 Å². The molecule has 4 atom stereocenters. The van der Waals surface area contributed by atoms with E-state index < -0.39 is 24.8 Å². The zero-order chi connectivity index (χ0) is 9.16. The lowest BCUT2D eigenvalue weighted by Crippen LogP contribution is -2.72. The van der Waals surface area contributed by atoms with E-state index in [4.69, 9.17) is 14.2 Å². The molecule has 4 aliphatic rings. The van der Waals surface area contributed by atoms with E-state index in [2.05, 4.69) is 0 Å². The highest BCUT2D eigenvalue weighted by Crippen LogP contribution is 2.42. The first-order valence-electron chi connectivity index (χ1n) is 4.51. The molecule has 3 saturated heterocycles. The van der Waals surface area contributed by atoms with Crippen molar-refractivity contribution in [3.05, 3.63) is 0 Å². The quantitative estimate of drug-likeness (QED) is 0.501. The molecular formula is C8H12O5. The highest BCUT2D eigenvalue weighted by Gasteiger charge is 2.59. The smallest absolute Gasteiger partial charge is 0.272 e.